The van der Waals surface area contributed by atoms with E-state index in [-0.39, 0.29) is 0 Å². The minimum absolute atomic E-state index is 0.915. The van der Waals surface area contributed by atoms with E-state index in [1.165, 1.54) is 10.5 Å². The van der Waals surface area contributed by atoms with E-state index >= 15 is 0 Å². The molecule has 0 fully saturated rings. The number of likely N-dealkylation sites (N-methyl/N-ethyl adjacent to an activating group) is 1. The minimum atomic E-state index is 0.915. The SMILES string of the molecule is C=C(CNC)Cc1cccs1. The van der Waals surface area contributed by atoms with E-state index in [0.29, 0.717) is 0 Å². The van der Waals surface area contributed by atoms with Crippen LogP contribution in [0.4, 0.5) is 0 Å². The molecule has 0 atom stereocenters. The van der Waals surface area contributed by atoms with Gasteiger partial charge >= 0.3 is 0 Å². The highest BCUT2D eigenvalue weighted by molar-refractivity contribution is 7.09. The second kappa shape index (κ2) is 4.31. The second-order valence-electron chi connectivity index (χ2n) is 2.54. The van der Waals surface area contributed by atoms with E-state index in [1.54, 1.807) is 11.3 Å². The molecule has 0 aliphatic rings. The molecule has 0 aromatic carbocycles. The Morgan fingerprint density at radius 2 is 2.55 bits per heavy atom. The molecule has 1 rings (SSSR count). The molecule has 60 valence electrons. The zero-order valence-electron chi connectivity index (χ0n) is 6.76. The van der Waals surface area contributed by atoms with Gasteiger partial charge < -0.3 is 5.32 Å². The van der Waals surface area contributed by atoms with Crippen molar-refractivity contribution in [1.82, 2.24) is 5.32 Å². The van der Waals surface area contributed by atoms with Gasteiger partial charge in [0, 0.05) is 17.8 Å². The van der Waals surface area contributed by atoms with Crippen molar-refractivity contribution >= 4 is 11.3 Å². The molecule has 0 aliphatic heterocycles. The van der Waals surface area contributed by atoms with E-state index in [2.05, 4.69) is 29.4 Å². The van der Waals surface area contributed by atoms with Crippen molar-refractivity contribution in [2.45, 2.75) is 6.42 Å². The lowest BCUT2D eigenvalue weighted by molar-refractivity contribution is 0.861. The summed E-state index contributed by atoms with van der Waals surface area (Å²) in [6.45, 7) is 4.88. The van der Waals surface area contributed by atoms with E-state index < -0.39 is 0 Å². The van der Waals surface area contributed by atoms with Crippen LogP contribution in [0, 0.1) is 0 Å². The smallest absolute Gasteiger partial charge is 0.0162 e. The maximum Gasteiger partial charge on any atom is 0.0162 e. The molecular weight excluding hydrogens is 154 g/mol. The van der Waals surface area contributed by atoms with Crippen LogP contribution >= 0.6 is 11.3 Å². The molecule has 1 nitrogen and oxygen atoms in total. The Hall–Kier alpha value is -0.600. The molecule has 0 unspecified atom stereocenters. The van der Waals surface area contributed by atoms with Crippen molar-refractivity contribution in [2.75, 3.05) is 13.6 Å². The second-order valence-corrected chi connectivity index (χ2v) is 3.57. The lowest BCUT2D eigenvalue weighted by Crippen LogP contribution is -2.10. The highest BCUT2D eigenvalue weighted by Crippen LogP contribution is 2.12. The largest absolute Gasteiger partial charge is 0.316 e. The Morgan fingerprint density at radius 1 is 1.73 bits per heavy atom. The monoisotopic (exact) mass is 167 g/mol. The summed E-state index contributed by atoms with van der Waals surface area (Å²) >= 11 is 1.79. The molecule has 1 aromatic heterocycles. The van der Waals surface area contributed by atoms with Crippen LogP contribution in [0.2, 0.25) is 0 Å². The molecule has 11 heavy (non-hydrogen) atoms. The molecule has 1 N–H and O–H groups in total. The zero-order valence-corrected chi connectivity index (χ0v) is 7.58. The van der Waals surface area contributed by atoms with Crippen molar-refractivity contribution in [1.29, 1.82) is 0 Å². The van der Waals surface area contributed by atoms with Crippen LogP contribution in [-0.4, -0.2) is 13.6 Å². The molecule has 0 radical (unpaired) electrons. The minimum Gasteiger partial charge on any atom is -0.316 e. The van der Waals surface area contributed by atoms with Crippen LogP contribution in [0.15, 0.2) is 29.7 Å². The quantitative estimate of drug-likeness (QED) is 0.677. The van der Waals surface area contributed by atoms with Crippen LogP contribution in [0.25, 0.3) is 0 Å². The third-order valence-electron chi connectivity index (χ3n) is 1.43. The first-order chi connectivity index (χ1) is 5.33. The third-order valence-corrected chi connectivity index (χ3v) is 2.31. The van der Waals surface area contributed by atoms with Crippen molar-refractivity contribution in [3.63, 3.8) is 0 Å². The molecule has 1 heterocycles. The average Bonchev–Trinajstić information content (AvgIpc) is 2.40. The van der Waals surface area contributed by atoms with Gasteiger partial charge in [-0.05, 0) is 18.5 Å². The molecule has 0 aliphatic carbocycles. The topological polar surface area (TPSA) is 12.0 Å². The highest BCUT2D eigenvalue weighted by atomic mass is 32.1. The third kappa shape index (κ3) is 2.87. The van der Waals surface area contributed by atoms with Crippen molar-refractivity contribution in [3.8, 4) is 0 Å². The maximum atomic E-state index is 3.96. The van der Waals surface area contributed by atoms with E-state index in [0.717, 1.165) is 13.0 Å². The fraction of sp³-hybridized carbons (Fsp3) is 0.333. The molecule has 0 saturated carbocycles. The van der Waals surface area contributed by atoms with E-state index in [4.69, 9.17) is 0 Å². The fourth-order valence-corrected chi connectivity index (χ4v) is 1.75. The van der Waals surface area contributed by atoms with Gasteiger partial charge in [-0.25, -0.2) is 0 Å². The lowest BCUT2D eigenvalue weighted by Gasteiger charge is -2.01. The lowest BCUT2D eigenvalue weighted by atomic mass is 10.2. The summed E-state index contributed by atoms with van der Waals surface area (Å²) in [5.74, 6) is 0. The van der Waals surface area contributed by atoms with Gasteiger partial charge in [0.25, 0.3) is 0 Å². The van der Waals surface area contributed by atoms with Gasteiger partial charge in [0.1, 0.15) is 0 Å². The summed E-state index contributed by atoms with van der Waals surface area (Å²) in [5.41, 5.74) is 1.25. The van der Waals surface area contributed by atoms with Crippen molar-refractivity contribution < 1.29 is 0 Å². The average molecular weight is 167 g/mol. The summed E-state index contributed by atoms with van der Waals surface area (Å²) in [6, 6.07) is 4.22. The molecule has 0 bridgehead atoms. The normalized spacial score (nSPS) is 9.91. The fourth-order valence-electron chi connectivity index (χ4n) is 0.972. The Kier molecular flexibility index (Phi) is 3.33. The maximum absolute atomic E-state index is 3.96. The molecular formula is C9H13NS. The van der Waals surface area contributed by atoms with Crippen LogP contribution in [0.3, 0.4) is 0 Å². The first-order valence-corrected chi connectivity index (χ1v) is 4.54. The summed E-state index contributed by atoms with van der Waals surface area (Å²) in [6.07, 6.45) is 1.01. The van der Waals surface area contributed by atoms with Crippen LogP contribution < -0.4 is 5.32 Å². The van der Waals surface area contributed by atoms with Gasteiger partial charge in [-0.2, -0.15) is 0 Å². The van der Waals surface area contributed by atoms with Gasteiger partial charge in [0.15, 0.2) is 0 Å². The standard InChI is InChI=1S/C9H13NS/c1-8(7-10-2)6-9-4-3-5-11-9/h3-5,10H,1,6-7H2,2H3. The van der Waals surface area contributed by atoms with Crippen molar-refractivity contribution in [2.24, 2.45) is 0 Å². The summed E-state index contributed by atoms with van der Waals surface area (Å²) < 4.78 is 0. The number of nitrogens with one attached hydrogen (secondary N) is 1. The van der Waals surface area contributed by atoms with Gasteiger partial charge in [-0.15, -0.1) is 11.3 Å². The Bertz CT molecular complexity index is 213. The Balaban J connectivity index is 2.37. The highest BCUT2D eigenvalue weighted by Gasteiger charge is 1.95. The number of thiophene rings is 1. The number of hydrogen-bond donors (Lipinski definition) is 1. The Morgan fingerprint density at radius 3 is 3.09 bits per heavy atom. The molecule has 0 saturated heterocycles. The van der Waals surface area contributed by atoms with Crippen LogP contribution in [-0.2, 0) is 6.42 Å². The van der Waals surface area contributed by atoms with Gasteiger partial charge in [-0.3, -0.25) is 0 Å². The Labute approximate surface area is 71.8 Å². The van der Waals surface area contributed by atoms with Crippen LogP contribution in [0.5, 0.6) is 0 Å². The number of hydrogen-bond acceptors (Lipinski definition) is 2. The van der Waals surface area contributed by atoms with Gasteiger partial charge in [0.2, 0.25) is 0 Å². The first kappa shape index (κ1) is 8.50. The summed E-state index contributed by atoms with van der Waals surface area (Å²) in [7, 11) is 1.94. The molecule has 2 heteroatoms. The predicted molar refractivity (Wildman–Crippen MR) is 51.1 cm³/mol. The van der Waals surface area contributed by atoms with Gasteiger partial charge in [-0.1, -0.05) is 18.2 Å². The summed E-state index contributed by atoms with van der Waals surface area (Å²) in [5, 5.41) is 5.18. The summed E-state index contributed by atoms with van der Waals surface area (Å²) in [4.78, 5) is 1.39. The molecule has 1 aromatic rings. The number of rotatable bonds is 4. The zero-order chi connectivity index (χ0) is 8.10. The van der Waals surface area contributed by atoms with E-state index in [1.807, 2.05) is 7.05 Å². The van der Waals surface area contributed by atoms with Crippen molar-refractivity contribution in [3.05, 3.63) is 34.5 Å². The first-order valence-electron chi connectivity index (χ1n) is 3.66. The molecule has 0 spiro atoms. The van der Waals surface area contributed by atoms with Crippen LogP contribution in [0.1, 0.15) is 4.88 Å². The van der Waals surface area contributed by atoms with E-state index in [9.17, 15) is 0 Å². The van der Waals surface area contributed by atoms with Gasteiger partial charge in [0.05, 0.1) is 0 Å². The molecule has 0 amide bonds. The predicted octanol–water partition coefficient (Wildman–Crippen LogP) is 2.07.